The fourth-order valence-corrected chi connectivity index (χ4v) is 1.63. The zero-order valence-electron chi connectivity index (χ0n) is 6.58. The van der Waals surface area contributed by atoms with Crippen molar-refractivity contribution in [3.8, 4) is 0 Å². The van der Waals surface area contributed by atoms with Gasteiger partial charge in [0.1, 0.15) is 0 Å². The summed E-state index contributed by atoms with van der Waals surface area (Å²) in [7, 11) is 1.89. The summed E-state index contributed by atoms with van der Waals surface area (Å²) in [5.74, 6) is 0. The van der Waals surface area contributed by atoms with E-state index in [1.807, 2.05) is 29.9 Å². The van der Waals surface area contributed by atoms with E-state index in [9.17, 15) is 0 Å². The summed E-state index contributed by atoms with van der Waals surface area (Å²) in [4.78, 5) is 4.21. The Balaban J connectivity index is 2.80. The predicted molar refractivity (Wildman–Crippen MR) is 52.4 cm³/mol. The first-order valence-corrected chi connectivity index (χ1v) is 4.40. The monoisotopic (exact) mass is 225 g/mol. The largest absolute Gasteiger partial charge is 0.385 e. The SMILES string of the molecule is CNc1cc(Br)cn2ccnc12. The van der Waals surface area contributed by atoms with E-state index < -0.39 is 0 Å². The average molecular weight is 226 g/mol. The average Bonchev–Trinajstić information content (AvgIpc) is 2.50. The Hall–Kier alpha value is -1.03. The van der Waals surface area contributed by atoms with Crippen LogP contribution in [0.1, 0.15) is 0 Å². The maximum atomic E-state index is 4.21. The van der Waals surface area contributed by atoms with Crippen molar-refractivity contribution in [2.75, 3.05) is 12.4 Å². The number of pyridine rings is 1. The second-order valence-electron chi connectivity index (χ2n) is 2.48. The smallest absolute Gasteiger partial charge is 0.160 e. The standard InChI is InChI=1S/C8H8BrN3/c1-10-7-4-6(9)5-12-3-2-11-8(7)12/h2-5,10H,1H3. The molecule has 2 rings (SSSR count). The highest BCUT2D eigenvalue weighted by Crippen LogP contribution is 2.20. The molecule has 1 N–H and O–H groups in total. The fraction of sp³-hybridized carbons (Fsp3) is 0.125. The van der Waals surface area contributed by atoms with Crippen molar-refractivity contribution in [1.82, 2.24) is 9.38 Å². The van der Waals surface area contributed by atoms with Crippen LogP contribution >= 0.6 is 15.9 Å². The molecule has 0 aliphatic carbocycles. The van der Waals surface area contributed by atoms with Crippen LogP contribution in [0.15, 0.2) is 29.1 Å². The summed E-state index contributed by atoms with van der Waals surface area (Å²) in [6.45, 7) is 0. The molecule has 0 fully saturated rings. The van der Waals surface area contributed by atoms with E-state index in [4.69, 9.17) is 0 Å². The third-order valence-corrected chi connectivity index (χ3v) is 2.16. The van der Waals surface area contributed by atoms with Gasteiger partial charge in [-0.2, -0.15) is 0 Å². The van der Waals surface area contributed by atoms with E-state index >= 15 is 0 Å². The molecule has 2 aromatic rings. The molecule has 2 aromatic heterocycles. The van der Waals surface area contributed by atoms with Gasteiger partial charge in [-0.05, 0) is 22.0 Å². The molecule has 0 bridgehead atoms. The lowest BCUT2D eigenvalue weighted by atomic mass is 10.4. The van der Waals surface area contributed by atoms with Crippen molar-refractivity contribution in [3.05, 3.63) is 29.1 Å². The zero-order valence-corrected chi connectivity index (χ0v) is 8.17. The van der Waals surface area contributed by atoms with Gasteiger partial charge in [0.05, 0.1) is 5.69 Å². The Labute approximate surface area is 78.6 Å². The van der Waals surface area contributed by atoms with Crippen LogP contribution in [0.5, 0.6) is 0 Å². The summed E-state index contributed by atoms with van der Waals surface area (Å²) in [5, 5.41) is 3.08. The summed E-state index contributed by atoms with van der Waals surface area (Å²) in [5.41, 5.74) is 1.97. The number of hydrogen-bond donors (Lipinski definition) is 1. The number of aromatic nitrogens is 2. The number of anilines is 1. The Morgan fingerprint density at radius 1 is 1.58 bits per heavy atom. The van der Waals surface area contributed by atoms with Crippen LogP contribution in [0.25, 0.3) is 5.65 Å². The molecule has 2 heterocycles. The van der Waals surface area contributed by atoms with E-state index in [-0.39, 0.29) is 0 Å². The van der Waals surface area contributed by atoms with Crippen molar-refractivity contribution >= 4 is 27.3 Å². The molecular weight excluding hydrogens is 218 g/mol. The van der Waals surface area contributed by atoms with E-state index in [2.05, 4.69) is 26.2 Å². The minimum absolute atomic E-state index is 0.945. The fourth-order valence-electron chi connectivity index (χ4n) is 1.18. The third kappa shape index (κ3) is 1.08. The van der Waals surface area contributed by atoms with Crippen molar-refractivity contribution in [3.63, 3.8) is 0 Å². The topological polar surface area (TPSA) is 29.3 Å². The van der Waals surface area contributed by atoms with Gasteiger partial charge in [-0.1, -0.05) is 0 Å². The molecule has 4 heteroatoms. The van der Waals surface area contributed by atoms with Crippen LogP contribution in [0.2, 0.25) is 0 Å². The maximum Gasteiger partial charge on any atom is 0.160 e. The molecule has 0 atom stereocenters. The quantitative estimate of drug-likeness (QED) is 0.807. The molecule has 0 saturated heterocycles. The lowest BCUT2D eigenvalue weighted by Crippen LogP contribution is -1.93. The summed E-state index contributed by atoms with van der Waals surface area (Å²) in [6, 6.07) is 2.00. The van der Waals surface area contributed by atoms with E-state index in [0.29, 0.717) is 0 Å². The van der Waals surface area contributed by atoms with Gasteiger partial charge in [0.25, 0.3) is 0 Å². The van der Waals surface area contributed by atoms with Gasteiger partial charge in [0, 0.05) is 30.1 Å². The normalized spacial score (nSPS) is 10.5. The van der Waals surface area contributed by atoms with Crippen LogP contribution in [0.4, 0.5) is 5.69 Å². The number of fused-ring (bicyclic) bond motifs is 1. The van der Waals surface area contributed by atoms with Gasteiger partial charge < -0.3 is 9.72 Å². The first-order valence-electron chi connectivity index (χ1n) is 3.61. The van der Waals surface area contributed by atoms with Crippen molar-refractivity contribution in [2.45, 2.75) is 0 Å². The summed E-state index contributed by atoms with van der Waals surface area (Å²) in [6.07, 6.45) is 5.67. The number of nitrogens with zero attached hydrogens (tertiary/aromatic N) is 2. The van der Waals surface area contributed by atoms with Gasteiger partial charge in [0.2, 0.25) is 0 Å². The highest BCUT2D eigenvalue weighted by molar-refractivity contribution is 9.10. The molecule has 0 unspecified atom stereocenters. The molecule has 0 radical (unpaired) electrons. The molecule has 0 aliphatic rings. The zero-order chi connectivity index (χ0) is 8.55. The number of hydrogen-bond acceptors (Lipinski definition) is 2. The molecule has 0 saturated carbocycles. The highest BCUT2D eigenvalue weighted by atomic mass is 79.9. The van der Waals surface area contributed by atoms with Crippen molar-refractivity contribution in [1.29, 1.82) is 0 Å². The van der Waals surface area contributed by atoms with Gasteiger partial charge in [-0.15, -0.1) is 0 Å². The predicted octanol–water partition coefficient (Wildman–Crippen LogP) is 2.14. The van der Waals surface area contributed by atoms with E-state index in [1.165, 1.54) is 0 Å². The Morgan fingerprint density at radius 2 is 2.42 bits per heavy atom. The van der Waals surface area contributed by atoms with Crippen LogP contribution in [0.3, 0.4) is 0 Å². The molecule has 0 aliphatic heterocycles. The minimum atomic E-state index is 0.945. The van der Waals surface area contributed by atoms with E-state index in [1.54, 1.807) is 6.20 Å². The van der Waals surface area contributed by atoms with Crippen LogP contribution in [-0.2, 0) is 0 Å². The lowest BCUT2D eigenvalue weighted by Gasteiger charge is -2.02. The van der Waals surface area contributed by atoms with Gasteiger partial charge in [0.15, 0.2) is 5.65 Å². The molecule has 62 valence electrons. The molecule has 0 amide bonds. The lowest BCUT2D eigenvalue weighted by molar-refractivity contribution is 1.17. The Morgan fingerprint density at radius 3 is 3.17 bits per heavy atom. The molecule has 0 spiro atoms. The molecule has 3 nitrogen and oxygen atoms in total. The molecule has 12 heavy (non-hydrogen) atoms. The first-order chi connectivity index (χ1) is 5.81. The minimum Gasteiger partial charge on any atom is -0.385 e. The highest BCUT2D eigenvalue weighted by Gasteiger charge is 2.01. The van der Waals surface area contributed by atoms with Crippen molar-refractivity contribution in [2.24, 2.45) is 0 Å². The third-order valence-electron chi connectivity index (χ3n) is 1.72. The van der Waals surface area contributed by atoms with E-state index in [0.717, 1.165) is 15.8 Å². The number of rotatable bonds is 1. The molecular formula is C8H8BrN3. The summed E-state index contributed by atoms with van der Waals surface area (Å²) >= 11 is 3.42. The van der Waals surface area contributed by atoms with Gasteiger partial charge in [-0.25, -0.2) is 4.98 Å². The number of nitrogens with one attached hydrogen (secondary N) is 1. The van der Waals surface area contributed by atoms with Crippen molar-refractivity contribution < 1.29 is 0 Å². The first kappa shape index (κ1) is 7.61. The van der Waals surface area contributed by atoms with Gasteiger partial charge in [-0.3, -0.25) is 0 Å². The maximum absolute atomic E-state index is 4.21. The van der Waals surface area contributed by atoms with Crippen LogP contribution < -0.4 is 5.32 Å². The number of halogens is 1. The Kier molecular flexibility index (Phi) is 1.77. The number of imidazole rings is 1. The van der Waals surface area contributed by atoms with Gasteiger partial charge >= 0.3 is 0 Å². The van der Waals surface area contributed by atoms with Crippen LogP contribution in [-0.4, -0.2) is 16.4 Å². The second-order valence-corrected chi connectivity index (χ2v) is 3.40. The Bertz CT molecular complexity index is 408. The summed E-state index contributed by atoms with van der Waals surface area (Å²) < 4.78 is 3.01. The molecule has 0 aromatic carbocycles. The van der Waals surface area contributed by atoms with Crippen LogP contribution in [0, 0.1) is 0 Å². The second kappa shape index (κ2) is 2.79.